The van der Waals surface area contributed by atoms with Crippen LogP contribution in [-0.4, -0.2) is 23.1 Å². The molecule has 1 nitrogen and oxygen atoms in total. The monoisotopic (exact) mass is 273 g/mol. The largest absolute Gasteiger partial charge is 2.00 e. The molecule has 2 rings (SSSR count). The van der Waals surface area contributed by atoms with Crippen LogP contribution in [0.2, 0.25) is 0 Å². The maximum Gasteiger partial charge on any atom is 2.00 e. The minimum Gasteiger partial charge on any atom is -1.00 e. The van der Waals surface area contributed by atoms with Crippen LogP contribution in [0.5, 0.6) is 5.75 Å². The van der Waals surface area contributed by atoms with Gasteiger partial charge in [0, 0.05) is 0 Å². The summed E-state index contributed by atoms with van der Waals surface area (Å²) in [7, 11) is 0. The first-order chi connectivity index (χ1) is 6.39. The van der Waals surface area contributed by atoms with Crippen molar-refractivity contribution in [2.45, 2.75) is 0 Å². The van der Waals surface area contributed by atoms with Gasteiger partial charge in [0.1, 0.15) is 0 Å². The third kappa shape index (κ3) is 9.78. The summed E-state index contributed by atoms with van der Waals surface area (Å²) < 4.78 is 0. The molecule has 0 aliphatic rings. The Morgan fingerprint density at radius 2 is 1.27 bits per heavy atom. The normalized spacial score (nSPS) is 7.20. The summed E-state index contributed by atoms with van der Waals surface area (Å²) in [6, 6.07) is 20.8. The van der Waals surface area contributed by atoms with Crippen LogP contribution in [0.3, 0.4) is 0 Å². The zero-order chi connectivity index (χ0) is 9.36. The van der Waals surface area contributed by atoms with E-state index in [0.717, 1.165) is 0 Å². The topological polar surface area (TPSA) is 23.1 Å². The van der Waals surface area contributed by atoms with Crippen LogP contribution in [0.1, 0.15) is 0 Å². The van der Waals surface area contributed by atoms with Crippen molar-refractivity contribution in [2.75, 3.05) is 0 Å². The average molecular weight is 274 g/mol. The summed E-state index contributed by atoms with van der Waals surface area (Å²) in [5.74, 6) is 0.0718. The molecule has 0 atom stereocenters. The first-order valence-corrected chi connectivity index (χ1v) is 4.03. The van der Waals surface area contributed by atoms with Gasteiger partial charge in [-0.25, -0.2) is 0 Å². The third-order valence-electron chi connectivity index (χ3n) is 1.35. The fourth-order valence-corrected chi connectivity index (χ4v) is 0.762. The van der Waals surface area contributed by atoms with Gasteiger partial charge in [0.15, 0.2) is 0 Å². The van der Waals surface area contributed by atoms with Gasteiger partial charge in [0.2, 0.25) is 0 Å². The summed E-state index contributed by atoms with van der Waals surface area (Å²) in [4.78, 5) is 0. The van der Waals surface area contributed by atoms with Crippen molar-refractivity contribution in [1.82, 2.24) is 0 Å². The number of hydrogen-bond acceptors (Lipinski definition) is 1. The van der Waals surface area contributed by atoms with Crippen LogP contribution in [0.15, 0.2) is 60.7 Å². The Labute approximate surface area is 117 Å². The van der Waals surface area contributed by atoms with Crippen molar-refractivity contribution in [3.63, 3.8) is 0 Å². The molecule has 0 amide bonds. The van der Waals surface area contributed by atoms with Crippen LogP contribution in [-0.2, 0) is 0 Å². The first kappa shape index (κ1) is 16.9. The molecule has 0 unspecified atom stereocenters. The van der Waals surface area contributed by atoms with Gasteiger partial charge in [-0.2, -0.15) is 36.4 Å². The second kappa shape index (κ2) is 11.6. The second-order valence-corrected chi connectivity index (χ2v) is 2.39. The fraction of sp³-hybridized carbons (Fsp3) is 0. The molecule has 0 spiro atoms. The molecule has 0 N–H and O–H groups in total. The van der Waals surface area contributed by atoms with Gasteiger partial charge in [-0.05, 0) is 0 Å². The molecule has 0 aliphatic carbocycles. The van der Waals surface area contributed by atoms with E-state index in [-0.39, 0.29) is 45.8 Å². The maximum absolute atomic E-state index is 10.3. The van der Waals surface area contributed by atoms with Crippen molar-refractivity contribution in [3.8, 4) is 5.75 Å². The molecule has 0 radical (unpaired) electrons. The van der Waals surface area contributed by atoms with E-state index in [4.69, 9.17) is 0 Å². The predicted molar refractivity (Wildman–Crippen MR) is 56.9 cm³/mol. The molecule has 0 aromatic heterocycles. The predicted octanol–water partition coefficient (Wildman–Crippen LogP) is -1.13. The van der Waals surface area contributed by atoms with E-state index in [1.807, 2.05) is 36.4 Å². The summed E-state index contributed by atoms with van der Waals surface area (Å²) in [5.41, 5.74) is 0. The minimum atomic E-state index is 0. The summed E-state index contributed by atoms with van der Waals surface area (Å²) in [6.45, 7) is 0. The molecule has 2 aromatic carbocycles. The zero-order valence-corrected chi connectivity index (χ0v) is 11.3. The Morgan fingerprint density at radius 1 is 0.800 bits per heavy atom. The van der Waals surface area contributed by atoms with Gasteiger partial charge < -0.3 is 22.1 Å². The Bertz CT molecular complexity index is 286. The Hall–Kier alpha value is -0.514. The van der Waals surface area contributed by atoms with E-state index in [0.29, 0.717) is 0 Å². The number of hydrogen-bond donors (Lipinski definition) is 0. The number of benzene rings is 2. The SMILES string of the molecule is [Br-].[Mg+2].[O-]c1ccccc1.[c-]1ccccc1. The summed E-state index contributed by atoms with van der Waals surface area (Å²) >= 11 is 0. The minimum absolute atomic E-state index is 0. The van der Waals surface area contributed by atoms with Crippen LogP contribution >= 0.6 is 0 Å². The molecule has 0 saturated carbocycles. The summed E-state index contributed by atoms with van der Waals surface area (Å²) in [5, 5.41) is 10.3. The van der Waals surface area contributed by atoms with Crippen molar-refractivity contribution in [2.24, 2.45) is 0 Å². The van der Waals surface area contributed by atoms with E-state index < -0.39 is 0 Å². The fourth-order valence-electron chi connectivity index (χ4n) is 0.762. The van der Waals surface area contributed by atoms with Gasteiger partial charge in [0.05, 0.1) is 0 Å². The molecule has 0 fully saturated rings. The van der Waals surface area contributed by atoms with Gasteiger partial charge in [0.25, 0.3) is 0 Å². The summed E-state index contributed by atoms with van der Waals surface area (Å²) in [6.07, 6.45) is 0. The van der Waals surface area contributed by atoms with Crippen LogP contribution in [0.25, 0.3) is 0 Å². The zero-order valence-electron chi connectivity index (χ0n) is 8.27. The molecule has 0 aliphatic heterocycles. The molecule has 15 heavy (non-hydrogen) atoms. The Balaban J connectivity index is 0. The quantitative estimate of drug-likeness (QED) is 0.440. The van der Waals surface area contributed by atoms with Crippen molar-refractivity contribution in [3.05, 3.63) is 66.7 Å². The van der Waals surface area contributed by atoms with Gasteiger partial charge in [-0.1, -0.05) is 30.3 Å². The van der Waals surface area contributed by atoms with Crippen molar-refractivity contribution in [1.29, 1.82) is 0 Å². The van der Waals surface area contributed by atoms with Gasteiger partial charge in [-0.3, -0.25) is 0 Å². The van der Waals surface area contributed by atoms with Crippen LogP contribution < -0.4 is 22.1 Å². The first-order valence-electron chi connectivity index (χ1n) is 4.03. The average Bonchev–Trinajstić information content (AvgIpc) is 2.22. The van der Waals surface area contributed by atoms with E-state index in [1.165, 1.54) is 12.1 Å². The van der Waals surface area contributed by atoms with E-state index in [9.17, 15) is 5.11 Å². The second-order valence-electron chi connectivity index (χ2n) is 2.39. The van der Waals surface area contributed by atoms with Crippen molar-refractivity contribution >= 4 is 23.1 Å². The maximum atomic E-state index is 10.3. The molecule has 0 saturated heterocycles. The Kier molecular flexibility index (Phi) is 13.0. The number of para-hydroxylation sites is 1. The smallest absolute Gasteiger partial charge is 1.00 e. The molecular weight excluding hydrogens is 264 g/mol. The standard InChI is InChI=1S/C6H6O.C6H5.BrH.Mg/c7-6-4-2-1-3-5-6;1-2-4-6-5-3-1;;/h1-5,7H;1-5H;1H;/q;-1;;+2/p-2. The van der Waals surface area contributed by atoms with E-state index in [2.05, 4.69) is 6.07 Å². The van der Waals surface area contributed by atoms with Gasteiger partial charge >= 0.3 is 23.1 Å². The van der Waals surface area contributed by atoms with Crippen LogP contribution in [0.4, 0.5) is 0 Å². The molecule has 3 heteroatoms. The third-order valence-corrected chi connectivity index (χ3v) is 1.35. The number of rotatable bonds is 0. The molecular formula is C12H10BrMgO-. The molecule has 0 bridgehead atoms. The number of halogens is 1. The van der Waals surface area contributed by atoms with Crippen LogP contribution in [0, 0.1) is 6.07 Å². The molecule has 2 aromatic rings. The Morgan fingerprint density at radius 3 is 1.47 bits per heavy atom. The van der Waals surface area contributed by atoms with Crippen molar-refractivity contribution < 1.29 is 22.1 Å². The van der Waals surface area contributed by atoms with Gasteiger partial charge in [-0.15, -0.1) is 5.75 Å². The van der Waals surface area contributed by atoms with E-state index >= 15 is 0 Å². The molecule has 0 heterocycles. The van der Waals surface area contributed by atoms with E-state index in [1.54, 1.807) is 12.1 Å². The molecule has 74 valence electrons.